The van der Waals surface area contributed by atoms with E-state index in [1.807, 2.05) is 12.1 Å². The fraction of sp³-hybridized carbons (Fsp3) is 0.391. The van der Waals surface area contributed by atoms with Gasteiger partial charge in [0.15, 0.2) is 11.6 Å². The van der Waals surface area contributed by atoms with Crippen molar-refractivity contribution in [3.8, 4) is 11.1 Å². The molecule has 0 spiro atoms. The van der Waals surface area contributed by atoms with Gasteiger partial charge in [-0.25, -0.2) is 8.78 Å². The Morgan fingerprint density at radius 3 is 2.20 bits per heavy atom. The lowest BCUT2D eigenvalue weighted by Gasteiger charge is -2.26. The summed E-state index contributed by atoms with van der Waals surface area (Å²) in [7, 11) is 0. The summed E-state index contributed by atoms with van der Waals surface area (Å²) >= 11 is 0. The van der Waals surface area contributed by atoms with Gasteiger partial charge in [-0.05, 0) is 86.1 Å². The highest BCUT2D eigenvalue weighted by Crippen LogP contribution is 2.32. The third kappa shape index (κ3) is 4.78. The van der Waals surface area contributed by atoms with Gasteiger partial charge in [0, 0.05) is 0 Å². The highest BCUT2D eigenvalue weighted by molar-refractivity contribution is 5.63. The minimum Gasteiger partial charge on any atom is -0.204 e. The first kappa shape index (κ1) is 17.8. The fourth-order valence-corrected chi connectivity index (χ4v) is 3.85. The molecule has 1 aliphatic carbocycles. The summed E-state index contributed by atoms with van der Waals surface area (Å²) in [5.41, 5.74) is 2.96. The molecule has 0 radical (unpaired) electrons. The van der Waals surface area contributed by atoms with Crippen molar-refractivity contribution < 1.29 is 8.78 Å². The number of halogens is 2. The monoisotopic (exact) mass is 340 g/mol. The Bertz CT molecular complexity index is 707. The van der Waals surface area contributed by atoms with Gasteiger partial charge in [0.1, 0.15) is 0 Å². The van der Waals surface area contributed by atoms with E-state index in [0.717, 1.165) is 23.8 Å². The van der Waals surface area contributed by atoms with Crippen LogP contribution in [0.15, 0.2) is 54.6 Å². The Hall–Kier alpha value is -1.96. The fourth-order valence-electron chi connectivity index (χ4n) is 3.85. The zero-order valence-corrected chi connectivity index (χ0v) is 14.8. The molecule has 0 bridgehead atoms. The van der Waals surface area contributed by atoms with Crippen LogP contribution < -0.4 is 0 Å². The number of hydrogen-bond acceptors (Lipinski definition) is 0. The molecular weight excluding hydrogens is 314 g/mol. The number of rotatable bonds is 5. The lowest BCUT2D eigenvalue weighted by atomic mass is 9.79. The van der Waals surface area contributed by atoms with Crippen LogP contribution in [0.3, 0.4) is 0 Å². The van der Waals surface area contributed by atoms with E-state index in [9.17, 15) is 8.78 Å². The molecule has 25 heavy (non-hydrogen) atoms. The summed E-state index contributed by atoms with van der Waals surface area (Å²) < 4.78 is 26.4. The molecule has 0 nitrogen and oxygen atoms in total. The van der Waals surface area contributed by atoms with Crippen molar-refractivity contribution in [1.82, 2.24) is 0 Å². The van der Waals surface area contributed by atoms with E-state index in [1.54, 1.807) is 6.07 Å². The number of aryl methyl sites for hydroxylation is 1. The molecule has 0 N–H and O–H groups in total. The molecule has 0 saturated heterocycles. The van der Waals surface area contributed by atoms with Crippen LogP contribution in [0.4, 0.5) is 8.78 Å². The van der Waals surface area contributed by atoms with Crippen molar-refractivity contribution in [3.63, 3.8) is 0 Å². The third-order valence-electron chi connectivity index (χ3n) is 5.40. The first-order valence-electron chi connectivity index (χ1n) is 9.33. The molecule has 3 rings (SSSR count). The Balaban J connectivity index is 1.54. The van der Waals surface area contributed by atoms with Crippen LogP contribution in [0.1, 0.15) is 44.6 Å². The predicted molar refractivity (Wildman–Crippen MR) is 100 cm³/mol. The zero-order valence-electron chi connectivity index (χ0n) is 14.8. The topological polar surface area (TPSA) is 0 Å². The normalized spacial score (nSPS) is 20.9. The van der Waals surface area contributed by atoms with Gasteiger partial charge in [-0.3, -0.25) is 0 Å². The van der Waals surface area contributed by atoms with Crippen molar-refractivity contribution in [3.05, 3.63) is 71.8 Å². The van der Waals surface area contributed by atoms with E-state index in [-0.39, 0.29) is 0 Å². The summed E-state index contributed by atoms with van der Waals surface area (Å²) in [4.78, 5) is 0. The van der Waals surface area contributed by atoms with Crippen LogP contribution in [0.25, 0.3) is 11.1 Å². The maximum Gasteiger partial charge on any atom is 0.159 e. The van der Waals surface area contributed by atoms with Gasteiger partial charge in [0.05, 0.1) is 0 Å². The summed E-state index contributed by atoms with van der Waals surface area (Å²) in [5.74, 6) is 0.0311. The van der Waals surface area contributed by atoms with Crippen molar-refractivity contribution in [2.75, 3.05) is 0 Å². The zero-order chi connectivity index (χ0) is 17.6. The molecule has 0 aliphatic heterocycles. The predicted octanol–water partition coefficient (Wildman–Crippen LogP) is 6.95. The highest BCUT2D eigenvalue weighted by Gasteiger charge is 2.19. The molecular formula is C23H26F2. The molecule has 132 valence electrons. The van der Waals surface area contributed by atoms with Crippen molar-refractivity contribution in [2.45, 2.75) is 45.4 Å². The molecule has 0 atom stereocenters. The number of allylic oxidation sites excluding steroid dienone is 2. The molecule has 2 aromatic carbocycles. The molecule has 2 heteroatoms. The first-order chi connectivity index (χ1) is 12.2. The minimum atomic E-state index is -0.801. The van der Waals surface area contributed by atoms with Crippen molar-refractivity contribution in [2.24, 2.45) is 11.8 Å². The van der Waals surface area contributed by atoms with Crippen LogP contribution in [-0.4, -0.2) is 0 Å². The second kappa shape index (κ2) is 8.42. The van der Waals surface area contributed by atoms with E-state index >= 15 is 0 Å². The molecule has 2 aromatic rings. The average molecular weight is 340 g/mol. The van der Waals surface area contributed by atoms with Gasteiger partial charge in [0.25, 0.3) is 0 Å². The number of hydrogen-bond donors (Lipinski definition) is 0. The molecule has 0 amide bonds. The molecule has 0 heterocycles. The second-order valence-electron chi connectivity index (χ2n) is 7.17. The lowest BCUT2D eigenvalue weighted by Crippen LogP contribution is -2.13. The largest absolute Gasteiger partial charge is 0.204 e. The van der Waals surface area contributed by atoms with Gasteiger partial charge < -0.3 is 0 Å². The Morgan fingerprint density at radius 2 is 1.56 bits per heavy atom. The summed E-state index contributed by atoms with van der Waals surface area (Å²) in [5, 5.41) is 0. The SMILES string of the molecule is CC=CC1CCC(CCc2ccc(-c3ccc(F)c(F)c3)cc2)CC1. The lowest BCUT2D eigenvalue weighted by molar-refractivity contribution is 0.296. The van der Waals surface area contributed by atoms with Crippen LogP contribution in [-0.2, 0) is 6.42 Å². The Morgan fingerprint density at radius 1 is 0.880 bits per heavy atom. The Kier molecular flexibility index (Phi) is 6.01. The summed E-state index contributed by atoms with van der Waals surface area (Å²) in [6, 6.07) is 12.3. The van der Waals surface area contributed by atoms with Crippen molar-refractivity contribution in [1.29, 1.82) is 0 Å². The third-order valence-corrected chi connectivity index (χ3v) is 5.40. The van der Waals surface area contributed by atoms with E-state index in [4.69, 9.17) is 0 Å². The van der Waals surface area contributed by atoms with Gasteiger partial charge in [-0.15, -0.1) is 0 Å². The Labute approximate surface area is 149 Å². The van der Waals surface area contributed by atoms with Gasteiger partial charge in [-0.1, -0.05) is 42.5 Å². The summed E-state index contributed by atoms with van der Waals surface area (Å²) in [6.45, 7) is 2.11. The molecule has 1 saturated carbocycles. The quantitative estimate of drug-likeness (QED) is 0.517. The highest BCUT2D eigenvalue weighted by atomic mass is 19.2. The van der Waals surface area contributed by atoms with Crippen molar-refractivity contribution >= 4 is 0 Å². The second-order valence-corrected chi connectivity index (χ2v) is 7.17. The van der Waals surface area contributed by atoms with E-state index < -0.39 is 11.6 Å². The van der Waals surface area contributed by atoms with Crippen LogP contribution in [0, 0.1) is 23.5 Å². The maximum absolute atomic E-state index is 13.4. The molecule has 1 fully saturated rings. The standard InChI is InChI=1S/C23H26F2/c1-2-3-17-4-6-18(7-5-17)8-9-19-10-12-20(13-11-19)21-14-15-22(24)23(25)16-21/h2-3,10-18H,4-9H2,1H3. The molecule has 0 aromatic heterocycles. The maximum atomic E-state index is 13.4. The smallest absolute Gasteiger partial charge is 0.159 e. The van der Waals surface area contributed by atoms with Crippen LogP contribution >= 0.6 is 0 Å². The van der Waals surface area contributed by atoms with Gasteiger partial charge in [0.2, 0.25) is 0 Å². The minimum absolute atomic E-state index is 0.716. The molecule has 1 aliphatic rings. The first-order valence-corrected chi connectivity index (χ1v) is 9.33. The average Bonchev–Trinajstić information content (AvgIpc) is 2.64. The van der Waals surface area contributed by atoms with Crippen LogP contribution in [0.2, 0.25) is 0 Å². The van der Waals surface area contributed by atoms with Gasteiger partial charge >= 0.3 is 0 Å². The molecule has 0 unspecified atom stereocenters. The number of benzene rings is 2. The van der Waals surface area contributed by atoms with E-state index in [1.165, 1.54) is 49.8 Å². The van der Waals surface area contributed by atoms with E-state index in [0.29, 0.717) is 5.56 Å². The summed E-state index contributed by atoms with van der Waals surface area (Å²) in [6.07, 6.45) is 12.2. The van der Waals surface area contributed by atoms with Crippen LogP contribution in [0.5, 0.6) is 0 Å². The van der Waals surface area contributed by atoms with E-state index in [2.05, 4.69) is 31.2 Å². The van der Waals surface area contributed by atoms with Gasteiger partial charge in [-0.2, -0.15) is 0 Å².